The molecule has 1 N–H and O–H groups in total. The van der Waals surface area contributed by atoms with E-state index in [-0.39, 0.29) is 18.2 Å². The Morgan fingerprint density at radius 2 is 1.86 bits per heavy atom. The fourth-order valence-corrected chi connectivity index (χ4v) is 3.71. The van der Waals surface area contributed by atoms with Crippen molar-refractivity contribution in [2.75, 3.05) is 25.0 Å². The van der Waals surface area contributed by atoms with E-state index in [1.165, 1.54) is 0 Å². The fourth-order valence-electron chi connectivity index (χ4n) is 3.54. The number of carbonyl (C=O) groups is 2. The van der Waals surface area contributed by atoms with Crippen LogP contribution < -0.4 is 10.1 Å². The highest BCUT2D eigenvalue weighted by atomic mass is 35.5. The van der Waals surface area contributed by atoms with Crippen molar-refractivity contribution < 1.29 is 14.3 Å². The first-order chi connectivity index (χ1) is 14.1. The maximum absolute atomic E-state index is 12.9. The Hall–Kier alpha value is -2.53. The van der Waals surface area contributed by atoms with Crippen molar-refractivity contribution in [2.45, 2.75) is 39.0 Å². The maximum atomic E-state index is 12.9. The van der Waals surface area contributed by atoms with Gasteiger partial charge in [0.05, 0.1) is 17.9 Å². The van der Waals surface area contributed by atoms with Crippen molar-refractivity contribution in [1.82, 2.24) is 4.90 Å². The second kappa shape index (κ2) is 10.3. The van der Waals surface area contributed by atoms with E-state index in [0.717, 1.165) is 43.7 Å². The van der Waals surface area contributed by atoms with Crippen molar-refractivity contribution in [3.63, 3.8) is 0 Å². The lowest BCUT2D eigenvalue weighted by molar-refractivity contribution is -0.116. The molecule has 1 saturated heterocycles. The predicted molar refractivity (Wildman–Crippen MR) is 116 cm³/mol. The average molecular weight is 415 g/mol. The molecule has 0 radical (unpaired) electrons. The minimum absolute atomic E-state index is 0.0571. The van der Waals surface area contributed by atoms with Gasteiger partial charge >= 0.3 is 0 Å². The molecule has 2 amide bonds. The summed E-state index contributed by atoms with van der Waals surface area (Å²) in [6, 6.07) is 12.7. The van der Waals surface area contributed by atoms with Crippen molar-refractivity contribution in [2.24, 2.45) is 0 Å². The number of aryl methyl sites for hydroxylation is 1. The molecular weight excluding hydrogens is 388 g/mol. The molecule has 1 aliphatic rings. The summed E-state index contributed by atoms with van der Waals surface area (Å²) in [4.78, 5) is 27.4. The summed E-state index contributed by atoms with van der Waals surface area (Å²) in [5.41, 5.74) is 1.94. The van der Waals surface area contributed by atoms with Gasteiger partial charge in [-0.05, 0) is 62.4 Å². The lowest BCUT2D eigenvalue weighted by atomic mass is 10.1. The molecule has 154 valence electrons. The summed E-state index contributed by atoms with van der Waals surface area (Å²) in [5.74, 6) is 0.580. The fraction of sp³-hybridized carbons (Fsp3) is 0.391. The van der Waals surface area contributed by atoms with Crippen LogP contribution in [-0.4, -0.2) is 36.4 Å². The van der Waals surface area contributed by atoms with Crippen LogP contribution >= 0.6 is 11.6 Å². The number of benzene rings is 2. The van der Waals surface area contributed by atoms with E-state index in [9.17, 15) is 9.59 Å². The quantitative estimate of drug-likeness (QED) is 0.698. The van der Waals surface area contributed by atoms with Gasteiger partial charge in [0.1, 0.15) is 5.75 Å². The number of ether oxygens (including phenoxy) is 1. The molecule has 0 aliphatic carbocycles. The molecule has 2 aromatic carbocycles. The van der Waals surface area contributed by atoms with Crippen molar-refractivity contribution in [3.05, 3.63) is 58.6 Å². The molecule has 1 fully saturated rings. The average Bonchev–Trinajstić information content (AvgIpc) is 2.74. The summed E-state index contributed by atoms with van der Waals surface area (Å²) in [7, 11) is 0. The van der Waals surface area contributed by atoms with E-state index in [1.54, 1.807) is 18.2 Å². The number of likely N-dealkylation sites (tertiary alicyclic amines) is 1. The molecule has 0 atom stereocenters. The summed E-state index contributed by atoms with van der Waals surface area (Å²) >= 11 is 6.13. The Morgan fingerprint density at radius 3 is 2.62 bits per heavy atom. The Kier molecular flexibility index (Phi) is 7.53. The molecule has 0 saturated carbocycles. The number of piperidine rings is 1. The molecule has 0 unspecified atom stereocenters. The predicted octanol–water partition coefficient (Wildman–Crippen LogP) is 4.94. The molecule has 0 bridgehead atoms. The maximum Gasteiger partial charge on any atom is 0.255 e. The van der Waals surface area contributed by atoms with Crippen LogP contribution in [0.15, 0.2) is 42.5 Å². The van der Waals surface area contributed by atoms with Gasteiger partial charge in [-0.15, -0.1) is 0 Å². The van der Waals surface area contributed by atoms with Gasteiger partial charge in [-0.2, -0.15) is 0 Å². The highest BCUT2D eigenvalue weighted by molar-refractivity contribution is 6.31. The zero-order chi connectivity index (χ0) is 20.6. The first-order valence-electron chi connectivity index (χ1n) is 10.2. The third-order valence-electron chi connectivity index (χ3n) is 5.02. The number of hydrogen-bond donors (Lipinski definition) is 1. The highest BCUT2D eigenvalue weighted by Crippen LogP contribution is 2.25. The molecular formula is C23H27ClN2O3. The van der Waals surface area contributed by atoms with E-state index >= 15 is 0 Å². The van der Waals surface area contributed by atoms with Crippen LogP contribution in [0.25, 0.3) is 0 Å². The van der Waals surface area contributed by atoms with Crippen LogP contribution in [0, 0.1) is 0 Å². The monoisotopic (exact) mass is 414 g/mol. The summed E-state index contributed by atoms with van der Waals surface area (Å²) in [6.07, 6.45) is 4.02. The van der Waals surface area contributed by atoms with Gasteiger partial charge in [0.15, 0.2) is 0 Å². The van der Waals surface area contributed by atoms with Gasteiger partial charge in [0.25, 0.3) is 5.91 Å². The second-order valence-corrected chi connectivity index (χ2v) is 7.57. The van der Waals surface area contributed by atoms with Crippen molar-refractivity contribution in [3.8, 4) is 5.75 Å². The first-order valence-corrected chi connectivity index (χ1v) is 10.6. The largest absolute Gasteiger partial charge is 0.494 e. The zero-order valence-corrected chi connectivity index (χ0v) is 17.5. The number of carbonyl (C=O) groups excluding carboxylic acids is 2. The lowest BCUT2D eigenvalue weighted by Crippen LogP contribution is -2.36. The van der Waals surface area contributed by atoms with E-state index < -0.39 is 0 Å². The Morgan fingerprint density at radius 1 is 1.10 bits per heavy atom. The van der Waals surface area contributed by atoms with Gasteiger partial charge in [-0.25, -0.2) is 0 Å². The zero-order valence-electron chi connectivity index (χ0n) is 16.7. The number of nitrogens with one attached hydrogen (secondary N) is 1. The van der Waals surface area contributed by atoms with E-state index in [0.29, 0.717) is 29.3 Å². The van der Waals surface area contributed by atoms with Gasteiger partial charge in [0, 0.05) is 24.5 Å². The molecule has 6 heteroatoms. The summed E-state index contributed by atoms with van der Waals surface area (Å²) < 4.78 is 5.62. The molecule has 3 rings (SSSR count). The Bertz CT molecular complexity index is 863. The van der Waals surface area contributed by atoms with Gasteiger partial charge in [-0.3, -0.25) is 9.59 Å². The van der Waals surface area contributed by atoms with Crippen LogP contribution in [0.2, 0.25) is 5.02 Å². The standard InChI is InChI=1S/C23H27ClN2O3/c1-2-29-21-9-5-4-8-17(21)10-13-22(27)25-20-16-18(24)11-12-19(20)23(28)26-14-6-3-7-15-26/h4-5,8-9,11-12,16H,2-3,6-7,10,13-15H2,1H3,(H,25,27). The number of para-hydroxylation sites is 1. The minimum atomic E-state index is -0.161. The van der Waals surface area contributed by atoms with Crippen LogP contribution in [0.4, 0.5) is 5.69 Å². The van der Waals surface area contributed by atoms with Gasteiger partial charge in [0.2, 0.25) is 5.91 Å². The second-order valence-electron chi connectivity index (χ2n) is 7.13. The van der Waals surface area contributed by atoms with Crippen LogP contribution in [-0.2, 0) is 11.2 Å². The number of rotatable bonds is 7. The molecule has 5 nitrogen and oxygen atoms in total. The van der Waals surface area contributed by atoms with Gasteiger partial charge in [-0.1, -0.05) is 29.8 Å². The lowest BCUT2D eigenvalue weighted by Gasteiger charge is -2.27. The summed E-state index contributed by atoms with van der Waals surface area (Å²) in [5, 5.41) is 3.36. The third-order valence-corrected chi connectivity index (χ3v) is 5.26. The number of halogens is 1. The molecule has 1 heterocycles. The van der Waals surface area contributed by atoms with E-state index in [4.69, 9.17) is 16.3 Å². The van der Waals surface area contributed by atoms with Crippen LogP contribution in [0.1, 0.15) is 48.5 Å². The third kappa shape index (κ3) is 5.73. The number of nitrogens with zero attached hydrogens (tertiary/aromatic N) is 1. The molecule has 1 aliphatic heterocycles. The number of amides is 2. The van der Waals surface area contributed by atoms with E-state index in [1.807, 2.05) is 36.1 Å². The topological polar surface area (TPSA) is 58.6 Å². The molecule has 0 spiro atoms. The first kappa shape index (κ1) is 21.2. The van der Waals surface area contributed by atoms with Gasteiger partial charge < -0.3 is 15.0 Å². The Labute approximate surface area is 177 Å². The number of anilines is 1. The molecule has 2 aromatic rings. The van der Waals surface area contributed by atoms with E-state index in [2.05, 4.69) is 5.32 Å². The van der Waals surface area contributed by atoms with Crippen LogP contribution in [0.3, 0.4) is 0 Å². The normalized spacial score (nSPS) is 13.8. The minimum Gasteiger partial charge on any atom is -0.494 e. The molecule has 0 aromatic heterocycles. The smallest absolute Gasteiger partial charge is 0.255 e. The SMILES string of the molecule is CCOc1ccccc1CCC(=O)Nc1cc(Cl)ccc1C(=O)N1CCCCC1. The van der Waals surface area contributed by atoms with Crippen molar-refractivity contribution in [1.29, 1.82) is 0 Å². The molecule has 29 heavy (non-hydrogen) atoms. The number of hydrogen-bond acceptors (Lipinski definition) is 3. The highest BCUT2D eigenvalue weighted by Gasteiger charge is 2.21. The van der Waals surface area contributed by atoms with Crippen LogP contribution in [0.5, 0.6) is 5.75 Å². The Balaban J connectivity index is 1.68. The summed E-state index contributed by atoms with van der Waals surface area (Å²) in [6.45, 7) is 4.02. The van der Waals surface area contributed by atoms with Crippen molar-refractivity contribution >= 4 is 29.1 Å².